The lowest BCUT2D eigenvalue weighted by Gasteiger charge is -2.17. The molecule has 5 heteroatoms. The number of ether oxygens (including phenoxy) is 1. The normalized spacial score (nSPS) is 12.4. The molecule has 1 N–H and O–H groups in total. The molecule has 1 aromatic heterocycles. The van der Waals surface area contributed by atoms with Crippen LogP contribution < -0.4 is 10.1 Å². The summed E-state index contributed by atoms with van der Waals surface area (Å²) >= 11 is 5.23. The van der Waals surface area contributed by atoms with Crippen molar-refractivity contribution in [1.82, 2.24) is 10.3 Å². The predicted molar refractivity (Wildman–Crippen MR) is 92.2 cm³/mol. The Balaban J connectivity index is 2.15. The average Bonchev–Trinajstić information content (AvgIpc) is 2.76. The van der Waals surface area contributed by atoms with E-state index in [1.54, 1.807) is 11.3 Å². The van der Waals surface area contributed by atoms with Crippen molar-refractivity contribution in [2.24, 2.45) is 0 Å². The Kier molecular flexibility index (Phi) is 5.79. The quantitative estimate of drug-likeness (QED) is 0.796. The van der Waals surface area contributed by atoms with Crippen molar-refractivity contribution in [2.75, 3.05) is 6.54 Å². The Labute approximate surface area is 138 Å². The van der Waals surface area contributed by atoms with Crippen LogP contribution in [-0.2, 0) is 6.61 Å². The number of hydrogen-bond acceptors (Lipinski definition) is 4. The van der Waals surface area contributed by atoms with Gasteiger partial charge in [0.2, 0.25) is 0 Å². The number of nitrogens with one attached hydrogen (secondary N) is 1. The van der Waals surface area contributed by atoms with Crippen LogP contribution in [0.1, 0.15) is 41.0 Å². The Morgan fingerprint density at radius 1 is 1.38 bits per heavy atom. The Morgan fingerprint density at radius 3 is 2.76 bits per heavy atom. The van der Waals surface area contributed by atoms with Crippen molar-refractivity contribution >= 4 is 27.3 Å². The minimum Gasteiger partial charge on any atom is -0.486 e. The number of rotatable bonds is 6. The van der Waals surface area contributed by atoms with Crippen LogP contribution in [0.5, 0.6) is 5.75 Å². The molecule has 2 rings (SSSR count). The van der Waals surface area contributed by atoms with Crippen LogP contribution in [0.2, 0.25) is 0 Å². The second kappa shape index (κ2) is 7.38. The second-order valence-corrected chi connectivity index (χ2v) is 7.20. The molecule has 1 aromatic carbocycles. The number of nitrogens with zero attached hydrogens (tertiary/aromatic N) is 1. The van der Waals surface area contributed by atoms with Crippen LogP contribution in [0.15, 0.2) is 22.7 Å². The van der Waals surface area contributed by atoms with E-state index >= 15 is 0 Å². The summed E-state index contributed by atoms with van der Waals surface area (Å²) in [5.41, 5.74) is 2.26. The lowest BCUT2D eigenvalue weighted by molar-refractivity contribution is 0.299. The number of halogens is 1. The van der Waals surface area contributed by atoms with Gasteiger partial charge >= 0.3 is 0 Å². The van der Waals surface area contributed by atoms with Gasteiger partial charge in [-0.05, 0) is 45.5 Å². The van der Waals surface area contributed by atoms with E-state index in [2.05, 4.69) is 53.1 Å². The fourth-order valence-electron chi connectivity index (χ4n) is 2.15. The minimum atomic E-state index is 0.252. The van der Waals surface area contributed by atoms with Gasteiger partial charge in [-0.15, -0.1) is 11.3 Å². The van der Waals surface area contributed by atoms with Gasteiger partial charge in [-0.2, -0.15) is 0 Å². The Hall–Kier alpha value is -0.910. The van der Waals surface area contributed by atoms with Crippen LogP contribution in [0, 0.1) is 13.8 Å². The molecule has 2 aromatic rings. The van der Waals surface area contributed by atoms with E-state index in [4.69, 9.17) is 4.74 Å². The zero-order valence-electron chi connectivity index (χ0n) is 12.9. The molecule has 1 unspecified atom stereocenters. The predicted octanol–water partition coefficient (Wildman–Crippen LogP) is 4.77. The van der Waals surface area contributed by atoms with Crippen LogP contribution in [0.3, 0.4) is 0 Å². The third kappa shape index (κ3) is 4.28. The van der Waals surface area contributed by atoms with Gasteiger partial charge in [0.25, 0.3) is 0 Å². The molecule has 0 saturated heterocycles. The molecule has 0 fully saturated rings. The summed E-state index contributed by atoms with van der Waals surface area (Å²) in [5, 5.41) is 4.45. The summed E-state index contributed by atoms with van der Waals surface area (Å²) in [4.78, 5) is 5.78. The van der Waals surface area contributed by atoms with E-state index in [9.17, 15) is 0 Å². The van der Waals surface area contributed by atoms with Gasteiger partial charge in [-0.1, -0.05) is 22.9 Å². The van der Waals surface area contributed by atoms with Gasteiger partial charge in [-0.25, -0.2) is 4.98 Å². The first-order chi connectivity index (χ1) is 10.0. The summed E-state index contributed by atoms with van der Waals surface area (Å²) in [6.45, 7) is 9.83. The molecule has 0 aliphatic rings. The molecule has 3 nitrogen and oxygen atoms in total. The maximum atomic E-state index is 6.00. The fraction of sp³-hybridized carbons (Fsp3) is 0.438. The van der Waals surface area contributed by atoms with Gasteiger partial charge in [0, 0.05) is 21.0 Å². The average molecular weight is 369 g/mol. The lowest BCUT2D eigenvalue weighted by atomic mass is 10.1. The molecule has 0 radical (unpaired) electrons. The Bertz CT molecular complexity index is 593. The van der Waals surface area contributed by atoms with Crippen LogP contribution in [-0.4, -0.2) is 11.5 Å². The Morgan fingerprint density at radius 2 is 2.14 bits per heavy atom. The SMILES string of the molecule is CCNC(C)c1cc(Br)ccc1OCc1nc(C)c(C)s1. The molecule has 0 aliphatic carbocycles. The lowest BCUT2D eigenvalue weighted by Crippen LogP contribution is -2.18. The molecular formula is C16H21BrN2OS. The van der Waals surface area contributed by atoms with Crippen molar-refractivity contribution in [1.29, 1.82) is 0 Å². The number of thiazole rings is 1. The van der Waals surface area contributed by atoms with Crippen LogP contribution in [0.4, 0.5) is 0 Å². The monoisotopic (exact) mass is 368 g/mol. The zero-order chi connectivity index (χ0) is 15.4. The topological polar surface area (TPSA) is 34.1 Å². The van der Waals surface area contributed by atoms with E-state index in [0.29, 0.717) is 6.61 Å². The molecular weight excluding hydrogens is 348 g/mol. The maximum absolute atomic E-state index is 6.00. The molecule has 0 saturated carbocycles. The van der Waals surface area contributed by atoms with Gasteiger partial charge in [0.15, 0.2) is 0 Å². The van der Waals surface area contributed by atoms with Crippen LogP contribution in [0.25, 0.3) is 0 Å². The van der Waals surface area contributed by atoms with Gasteiger partial charge in [-0.3, -0.25) is 0 Å². The van der Waals surface area contributed by atoms with E-state index < -0.39 is 0 Å². The van der Waals surface area contributed by atoms with Crippen molar-refractivity contribution < 1.29 is 4.74 Å². The van der Waals surface area contributed by atoms with E-state index in [-0.39, 0.29) is 6.04 Å². The summed E-state index contributed by atoms with van der Waals surface area (Å²) in [6.07, 6.45) is 0. The minimum absolute atomic E-state index is 0.252. The van der Waals surface area contributed by atoms with Crippen LogP contribution >= 0.6 is 27.3 Å². The number of aryl methyl sites for hydroxylation is 2. The van der Waals surface area contributed by atoms with Gasteiger partial charge in [0.05, 0.1) is 5.69 Å². The van der Waals surface area contributed by atoms with E-state index in [1.807, 2.05) is 19.1 Å². The largest absolute Gasteiger partial charge is 0.486 e. The fourth-order valence-corrected chi connectivity index (χ4v) is 3.37. The zero-order valence-corrected chi connectivity index (χ0v) is 15.3. The molecule has 114 valence electrons. The van der Waals surface area contributed by atoms with Crippen molar-refractivity contribution in [3.05, 3.63) is 43.8 Å². The standard InChI is InChI=1S/C16H21BrN2OS/c1-5-18-11(3)14-8-13(17)6-7-15(14)20-9-16-19-10(2)12(4)21-16/h6-8,11,18H,5,9H2,1-4H3. The highest BCUT2D eigenvalue weighted by Gasteiger charge is 2.12. The van der Waals surface area contributed by atoms with Crippen molar-refractivity contribution in [3.8, 4) is 5.75 Å². The number of hydrogen-bond donors (Lipinski definition) is 1. The van der Waals surface area contributed by atoms with E-state index in [1.165, 1.54) is 4.88 Å². The maximum Gasteiger partial charge on any atom is 0.140 e. The summed E-state index contributed by atoms with van der Waals surface area (Å²) in [7, 11) is 0. The van der Waals surface area contributed by atoms with Gasteiger partial charge in [0.1, 0.15) is 17.4 Å². The molecule has 0 aliphatic heterocycles. The third-order valence-electron chi connectivity index (χ3n) is 3.37. The molecule has 1 heterocycles. The summed E-state index contributed by atoms with van der Waals surface area (Å²) in [5.74, 6) is 0.914. The molecule has 0 bridgehead atoms. The highest BCUT2D eigenvalue weighted by atomic mass is 79.9. The van der Waals surface area contributed by atoms with Crippen molar-refractivity contribution in [3.63, 3.8) is 0 Å². The third-order valence-corrected chi connectivity index (χ3v) is 4.91. The second-order valence-electron chi connectivity index (χ2n) is 5.00. The van der Waals surface area contributed by atoms with Crippen molar-refractivity contribution in [2.45, 2.75) is 40.3 Å². The highest BCUT2D eigenvalue weighted by molar-refractivity contribution is 9.10. The number of benzene rings is 1. The molecule has 0 spiro atoms. The molecule has 0 amide bonds. The van der Waals surface area contributed by atoms with Gasteiger partial charge < -0.3 is 10.1 Å². The first-order valence-corrected chi connectivity index (χ1v) is 8.70. The first kappa shape index (κ1) is 16.5. The summed E-state index contributed by atoms with van der Waals surface area (Å²) in [6, 6.07) is 6.39. The smallest absolute Gasteiger partial charge is 0.140 e. The highest BCUT2D eigenvalue weighted by Crippen LogP contribution is 2.29. The first-order valence-electron chi connectivity index (χ1n) is 7.09. The number of aromatic nitrogens is 1. The van der Waals surface area contributed by atoms with E-state index in [0.717, 1.165) is 33.0 Å². The molecule has 1 atom stereocenters. The summed E-state index contributed by atoms with van der Waals surface area (Å²) < 4.78 is 7.07. The molecule has 21 heavy (non-hydrogen) atoms.